The molecule has 0 saturated heterocycles. The summed E-state index contributed by atoms with van der Waals surface area (Å²) in [4.78, 5) is 10.8. The first-order valence-electron chi connectivity index (χ1n) is 3.22. The van der Waals surface area contributed by atoms with Crippen LogP contribution in [-0.2, 0) is 9.53 Å². The molecule has 0 aliphatic rings. The smallest absolute Gasteiger partial charge is 0.353 e. The standard InChI is InChI=1S/C6H11N3O2S/c1-4(5(10)11-3)8-9-6(12)7-2/h1-3H3,(H2,7,9,12)/b8-4+. The van der Waals surface area contributed by atoms with Gasteiger partial charge in [0.1, 0.15) is 5.71 Å². The molecule has 0 unspecified atom stereocenters. The predicted octanol–water partition coefficient (Wildman–Crippen LogP) is -0.371. The summed E-state index contributed by atoms with van der Waals surface area (Å²) in [5.41, 5.74) is 2.67. The molecule has 0 aromatic heterocycles. The Bertz CT molecular complexity index is 215. The first kappa shape index (κ1) is 10.8. The molecule has 0 rings (SSSR count). The van der Waals surface area contributed by atoms with Gasteiger partial charge in [0.15, 0.2) is 5.11 Å². The average molecular weight is 189 g/mol. The molecule has 0 aromatic carbocycles. The van der Waals surface area contributed by atoms with Gasteiger partial charge in [0, 0.05) is 7.05 Å². The van der Waals surface area contributed by atoms with Crippen LogP contribution < -0.4 is 10.7 Å². The van der Waals surface area contributed by atoms with Gasteiger partial charge in [-0.15, -0.1) is 0 Å². The minimum atomic E-state index is -0.485. The number of rotatable bonds is 2. The third kappa shape index (κ3) is 3.87. The largest absolute Gasteiger partial charge is 0.464 e. The molecule has 5 nitrogen and oxygen atoms in total. The molecule has 0 saturated carbocycles. The van der Waals surface area contributed by atoms with Crippen LogP contribution in [-0.4, -0.2) is 31.0 Å². The lowest BCUT2D eigenvalue weighted by Crippen LogP contribution is -2.30. The first-order chi connectivity index (χ1) is 5.61. The maximum Gasteiger partial charge on any atom is 0.353 e. The number of ether oxygens (including phenoxy) is 1. The van der Waals surface area contributed by atoms with E-state index in [0.717, 1.165) is 0 Å². The van der Waals surface area contributed by atoms with Gasteiger partial charge >= 0.3 is 5.97 Å². The molecule has 0 fully saturated rings. The SMILES string of the molecule is CNC(=S)N/N=C(\C)C(=O)OC. The second-order valence-corrected chi connectivity index (χ2v) is 2.29. The van der Waals surface area contributed by atoms with Crippen LogP contribution in [0.5, 0.6) is 0 Å². The van der Waals surface area contributed by atoms with Gasteiger partial charge in [-0.05, 0) is 19.1 Å². The highest BCUT2D eigenvalue weighted by Gasteiger charge is 2.03. The zero-order valence-corrected chi connectivity index (χ0v) is 7.99. The molecule has 12 heavy (non-hydrogen) atoms. The molecule has 0 aliphatic carbocycles. The second kappa shape index (κ2) is 5.48. The van der Waals surface area contributed by atoms with Crippen LogP contribution in [0.1, 0.15) is 6.92 Å². The van der Waals surface area contributed by atoms with Crippen molar-refractivity contribution < 1.29 is 9.53 Å². The Kier molecular flexibility index (Phi) is 4.94. The maximum absolute atomic E-state index is 10.8. The quantitative estimate of drug-likeness (QED) is 0.268. The third-order valence-electron chi connectivity index (χ3n) is 1.03. The van der Waals surface area contributed by atoms with Crippen LogP contribution in [0.2, 0.25) is 0 Å². The zero-order valence-electron chi connectivity index (χ0n) is 7.17. The van der Waals surface area contributed by atoms with Crippen molar-refractivity contribution in [1.82, 2.24) is 10.7 Å². The lowest BCUT2D eigenvalue weighted by molar-refractivity contribution is -0.132. The van der Waals surface area contributed by atoms with E-state index in [2.05, 4.69) is 20.6 Å². The van der Waals surface area contributed by atoms with E-state index in [4.69, 9.17) is 12.2 Å². The van der Waals surface area contributed by atoms with Crippen LogP contribution in [0.4, 0.5) is 0 Å². The highest BCUT2D eigenvalue weighted by atomic mass is 32.1. The van der Waals surface area contributed by atoms with Gasteiger partial charge in [0.25, 0.3) is 0 Å². The number of hydrogen-bond acceptors (Lipinski definition) is 4. The van der Waals surface area contributed by atoms with Gasteiger partial charge in [0.05, 0.1) is 7.11 Å². The summed E-state index contributed by atoms with van der Waals surface area (Å²) in [6.45, 7) is 1.52. The van der Waals surface area contributed by atoms with Crippen LogP contribution in [0, 0.1) is 0 Å². The molecular formula is C6H11N3O2S. The van der Waals surface area contributed by atoms with E-state index >= 15 is 0 Å². The average Bonchev–Trinajstić information content (AvgIpc) is 2.11. The Labute approximate surface area is 76.2 Å². The Hall–Kier alpha value is -1.17. The van der Waals surface area contributed by atoms with E-state index in [0.29, 0.717) is 5.11 Å². The molecule has 68 valence electrons. The molecule has 0 spiro atoms. The minimum absolute atomic E-state index is 0.218. The summed E-state index contributed by atoms with van der Waals surface area (Å²) in [6, 6.07) is 0. The van der Waals surface area contributed by atoms with Crippen molar-refractivity contribution in [3.8, 4) is 0 Å². The molecule has 0 heterocycles. The van der Waals surface area contributed by atoms with Crippen LogP contribution >= 0.6 is 12.2 Å². The number of nitrogens with one attached hydrogen (secondary N) is 2. The fourth-order valence-corrected chi connectivity index (χ4v) is 0.430. The number of carbonyl (C=O) groups excluding carboxylic acids is 1. The van der Waals surface area contributed by atoms with Gasteiger partial charge in [-0.1, -0.05) is 0 Å². The Morgan fingerprint density at radius 1 is 1.58 bits per heavy atom. The number of esters is 1. The summed E-state index contributed by atoms with van der Waals surface area (Å²) >= 11 is 4.72. The van der Waals surface area contributed by atoms with Crippen molar-refractivity contribution in [2.24, 2.45) is 5.10 Å². The van der Waals surface area contributed by atoms with Crippen molar-refractivity contribution in [2.45, 2.75) is 6.92 Å². The van der Waals surface area contributed by atoms with E-state index in [1.165, 1.54) is 14.0 Å². The number of nitrogens with zero attached hydrogens (tertiary/aromatic N) is 1. The van der Waals surface area contributed by atoms with Crippen molar-refractivity contribution in [2.75, 3.05) is 14.2 Å². The van der Waals surface area contributed by atoms with Crippen molar-refractivity contribution in [1.29, 1.82) is 0 Å². The van der Waals surface area contributed by atoms with Crippen LogP contribution in [0.25, 0.3) is 0 Å². The monoisotopic (exact) mass is 189 g/mol. The maximum atomic E-state index is 10.8. The van der Waals surface area contributed by atoms with Gasteiger partial charge < -0.3 is 10.1 Å². The van der Waals surface area contributed by atoms with Gasteiger partial charge in [-0.25, -0.2) is 4.79 Å². The first-order valence-corrected chi connectivity index (χ1v) is 3.63. The Balaban J connectivity index is 4.00. The molecule has 6 heteroatoms. The summed E-state index contributed by atoms with van der Waals surface area (Å²) in [7, 11) is 2.94. The van der Waals surface area contributed by atoms with Crippen molar-refractivity contribution in [3.05, 3.63) is 0 Å². The lowest BCUT2D eigenvalue weighted by Gasteiger charge is -2.01. The van der Waals surface area contributed by atoms with Gasteiger partial charge in [0.2, 0.25) is 0 Å². The lowest BCUT2D eigenvalue weighted by atomic mass is 10.4. The number of hydrogen-bond donors (Lipinski definition) is 2. The number of methoxy groups -OCH3 is 1. The highest BCUT2D eigenvalue weighted by Crippen LogP contribution is 1.79. The van der Waals surface area contributed by atoms with E-state index in [1.807, 2.05) is 0 Å². The second-order valence-electron chi connectivity index (χ2n) is 1.88. The highest BCUT2D eigenvalue weighted by molar-refractivity contribution is 7.80. The minimum Gasteiger partial charge on any atom is -0.464 e. The molecule has 0 radical (unpaired) electrons. The van der Waals surface area contributed by atoms with Crippen LogP contribution in [0.15, 0.2) is 5.10 Å². The topological polar surface area (TPSA) is 62.7 Å². The Morgan fingerprint density at radius 2 is 2.17 bits per heavy atom. The Morgan fingerprint density at radius 3 is 2.58 bits per heavy atom. The van der Waals surface area contributed by atoms with E-state index in [1.54, 1.807) is 7.05 Å². The van der Waals surface area contributed by atoms with Crippen LogP contribution in [0.3, 0.4) is 0 Å². The van der Waals surface area contributed by atoms with Crippen molar-refractivity contribution >= 4 is 29.0 Å². The molecule has 2 N–H and O–H groups in total. The van der Waals surface area contributed by atoms with E-state index in [-0.39, 0.29) is 5.71 Å². The fraction of sp³-hybridized carbons (Fsp3) is 0.500. The predicted molar refractivity (Wildman–Crippen MR) is 49.9 cm³/mol. The molecule has 0 bridgehead atoms. The summed E-state index contributed by atoms with van der Waals surface area (Å²) in [5, 5.41) is 6.64. The molecular weight excluding hydrogens is 178 g/mol. The summed E-state index contributed by atoms with van der Waals surface area (Å²) in [6.07, 6.45) is 0. The fourth-order valence-electron chi connectivity index (χ4n) is 0.384. The molecule has 0 amide bonds. The summed E-state index contributed by atoms with van der Waals surface area (Å²) in [5.74, 6) is -0.485. The normalized spacial score (nSPS) is 10.4. The molecule has 0 atom stereocenters. The number of carbonyl (C=O) groups is 1. The van der Waals surface area contributed by atoms with Gasteiger partial charge in [-0.2, -0.15) is 5.10 Å². The number of hydrazone groups is 1. The zero-order chi connectivity index (χ0) is 9.56. The molecule has 0 aromatic rings. The summed E-state index contributed by atoms with van der Waals surface area (Å²) < 4.78 is 4.40. The third-order valence-corrected chi connectivity index (χ3v) is 1.33. The van der Waals surface area contributed by atoms with Gasteiger partial charge in [-0.3, -0.25) is 5.43 Å². The van der Waals surface area contributed by atoms with E-state index < -0.39 is 5.97 Å². The number of thiocarbonyl (C=S) groups is 1. The molecule has 0 aliphatic heterocycles. The van der Waals surface area contributed by atoms with Crippen molar-refractivity contribution in [3.63, 3.8) is 0 Å². The van der Waals surface area contributed by atoms with E-state index in [9.17, 15) is 4.79 Å².